The molecular weight excluding hydrogens is 495 g/mol. The van der Waals surface area contributed by atoms with Crippen LogP contribution in [0.25, 0.3) is 11.0 Å². The van der Waals surface area contributed by atoms with E-state index in [2.05, 4.69) is 31.9 Å². The van der Waals surface area contributed by atoms with Gasteiger partial charge in [-0.05, 0) is 44.0 Å². The molecule has 8 radical (unpaired) electrons. The molecule has 29 heavy (non-hydrogen) atoms. The maximum absolute atomic E-state index is 13.4. The van der Waals surface area contributed by atoms with Crippen molar-refractivity contribution in [3.8, 4) is 5.75 Å². The van der Waals surface area contributed by atoms with Crippen molar-refractivity contribution in [3.05, 3.63) is 38.0 Å². The summed E-state index contributed by atoms with van der Waals surface area (Å²) in [5.74, 6) is -0.171. The lowest BCUT2D eigenvalue weighted by Crippen LogP contribution is -2.47. The maximum Gasteiger partial charge on any atom is 0.308 e. The third-order valence-corrected chi connectivity index (χ3v) is 5.60. The Labute approximate surface area is 190 Å². The maximum atomic E-state index is 13.4. The van der Waals surface area contributed by atoms with E-state index >= 15 is 0 Å². The first-order valence-electron chi connectivity index (χ1n) is 8.47. The standard InChI is InChI=1S/C19H10B4Br2O4/c1-3-10-11(12-13(20)14(21)15(22)16(23)19(12)29-10)17(27)7-4-8(24)18(9(25)5-7)28-6(2)26/h4-5H,3H2,1-2H3. The zero-order valence-corrected chi connectivity index (χ0v) is 18.7. The summed E-state index contributed by atoms with van der Waals surface area (Å²) >= 11 is 6.65. The summed E-state index contributed by atoms with van der Waals surface area (Å²) in [4.78, 5) is 24.7. The average molecular weight is 505 g/mol. The van der Waals surface area contributed by atoms with Gasteiger partial charge in [-0.25, -0.2) is 0 Å². The first-order chi connectivity index (χ1) is 13.6. The first-order valence-corrected chi connectivity index (χ1v) is 10.1. The van der Waals surface area contributed by atoms with Crippen LogP contribution in [0.1, 0.15) is 35.5 Å². The molecule has 0 saturated carbocycles. The van der Waals surface area contributed by atoms with E-state index in [9.17, 15) is 9.59 Å². The monoisotopic (exact) mass is 504 g/mol. The molecule has 0 N–H and O–H groups in total. The zero-order chi connectivity index (χ0) is 21.6. The van der Waals surface area contributed by atoms with Crippen molar-refractivity contribution in [2.75, 3.05) is 0 Å². The highest BCUT2D eigenvalue weighted by Gasteiger charge is 2.26. The van der Waals surface area contributed by atoms with E-state index in [1.807, 2.05) is 6.92 Å². The summed E-state index contributed by atoms with van der Waals surface area (Å²) in [5.41, 5.74) is 1.27. The van der Waals surface area contributed by atoms with E-state index in [0.29, 0.717) is 32.1 Å². The van der Waals surface area contributed by atoms with Gasteiger partial charge in [0.1, 0.15) is 42.7 Å². The van der Waals surface area contributed by atoms with Crippen LogP contribution in [0.2, 0.25) is 0 Å². The van der Waals surface area contributed by atoms with Gasteiger partial charge in [0.25, 0.3) is 0 Å². The Morgan fingerprint density at radius 3 is 2.07 bits per heavy atom. The molecule has 2 aromatic carbocycles. The molecule has 0 saturated heterocycles. The van der Waals surface area contributed by atoms with Gasteiger partial charge in [0.15, 0.2) is 11.5 Å². The average Bonchev–Trinajstić information content (AvgIpc) is 3.06. The number of fused-ring (bicyclic) bond motifs is 1. The second-order valence-corrected chi connectivity index (χ2v) is 8.01. The normalized spacial score (nSPS) is 11.0. The second kappa shape index (κ2) is 8.23. The van der Waals surface area contributed by atoms with Gasteiger partial charge in [-0.15, -0.1) is 10.9 Å². The highest BCUT2D eigenvalue weighted by molar-refractivity contribution is 9.11. The number of rotatable bonds is 4. The van der Waals surface area contributed by atoms with Crippen LogP contribution >= 0.6 is 31.9 Å². The van der Waals surface area contributed by atoms with Gasteiger partial charge in [-0.3, -0.25) is 9.59 Å². The van der Waals surface area contributed by atoms with E-state index in [4.69, 9.17) is 40.5 Å². The fraction of sp³-hybridized carbons (Fsp3) is 0.158. The minimum Gasteiger partial charge on any atom is -0.461 e. The number of ketones is 1. The first kappa shape index (κ1) is 22.0. The number of ether oxygens (including phenoxy) is 1. The number of hydrogen-bond acceptors (Lipinski definition) is 4. The van der Waals surface area contributed by atoms with E-state index in [0.717, 1.165) is 0 Å². The van der Waals surface area contributed by atoms with E-state index in [-0.39, 0.29) is 44.5 Å². The molecule has 4 nitrogen and oxygen atoms in total. The lowest BCUT2D eigenvalue weighted by molar-refractivity contribution is -0.131. The molecule has 0 amide bonds. The van der Waals surface area contributed by atoms with Crippen LogP contribution in [-0.2, 0) is 11.2 Å². The summed E-state index contributed by atoms with van der Waals surface area (Å²) in [6.45, 7) is 3.12. The summed E-state index contributed by atoms with van der Waals surface area (Å²) in [5, 5.41) is 0.326. The Kier molecular flexibility index (Phi) is 6.25. The number of esters is 1. The topological polar surface area (TPSA) is 56.5 Å². The number of hydrogen-bond donors (Lipinski definition) is 0. The van der Waals surface area contributed by atoms with Crippen molar-refractivity contribution < 1.29 is 18.7 Å². The molecule has 3 rings (SSSR count). The molecular formula is C19H10B4Br2O4. The molecule has 0 spiro atoms. The SMILES string of the molecule is [B]c1c([B])c([B])c2c(C(=O)c3cc(Br)c(OC(C)=O)c(Br)c3)c(CC)oc2c1[B]. The predicted molar refractivity (Wildman–Crippen MR) is 124 cm³/mol. The van der Waals surface area contributed by atoms with E-state index in [1.54, 1.807) is 12.1 Å². The molecule has 1 aromatic heterocycles. The van der Waals surface area contributed by atoms with Gasteiger partial charge in [-0.1, -0.05) is 17.8 Å². The molecule has 0 bridgehead atoms. The summed E-state index contributed by atoms with van der Waals surface area (Å²) in [7, 11) is 24.1. The van der Waals surface area contributed by atoms with Crippen LogP contribution in [0, 0.1) is 0 Å². The van der Waals surface area contributed by atoms with Crippen molar-refractivity contribution in [1.82, 2.24) is 0 Å². The van der Waals surface area contributed by atoms with Crippen molar-refractivity contribution in [2.24, 2.45) is 0 Å². The quantitative estimate of drug-likeness (QED) is 0.229. The van der Waals surface area contributed by atoms with Gasteiger partial charge in [0, 0.05) is 24.3 Å². The number of benzene rings is 2. The highest BCUT2D eigenvalue weighted by atomic mass is 79.9. The fourth-order valence-corrected chi connectivity index (χ4v) is 4.39. The molecule has 0 unspecified atom stereocenters. The van der Waals surface area contributed by atoms with Crippen LogP contribution in [-0.4, -0.2) is 43.1 Å². The van der Waals surface area contributed by atoms with E-state index < -0.39 is 5.97 Å². The van der Waals surface area contributed by atoms with Crippen molar-refractivity contribution in [3.63, 3.8) is 0 Å². The second-order valence-electron chi connectivity index (χ2n) is 6.30. The third-order valence-electron chi connectivity index (χ3n) is 4.42. The number of furan rings is 1. The molecule has 0 fully saturated rings. The van der Waals surface area contributed by atoms with Gasteiger partial charge in [-0.2, -0.15) is 0 Å². The Hall–Kier alpha value is -1.66. The fourth-order valence-electron chi connectivity index (χ4n) is 3.04. The van der Waals surface area contributed by atoms with Gasteiger partial charge < -0.3 is 9.15 Å². The van der Waals surface area contributed by atoms with Crippen molar-refractivity contribution in [2.45, 2.75) is 20.3 Å². The minimum atomic E-state index is -0.490. The number of halogens is 2. The summed E-state index contributed by atoms with van der Waals surface area (Å²) < 4.78 is 11.8. The lowest BCUT2D eigenvalue weighted by Gasteiger charge is -2.13. The molecule has 0 atom stereocenters. The van der Waals surface area contributed by atoms with Crippen LogP contribution in [0.4, 0.5) is 0 Å². The largest absolute Gasteiger partial charge is 0.461 e. The molecule has 1 heterocycles. The predicted octanol–water partition coefficient (Wildman–Crippen LogP) is 0.852. The third kappa shape index (κ3) is 3.77. The molecule has 3 aromatic rings. The van der Waals surface area contributed by atoms with Crippen LogP contribution in [0.15, 0.2) is 25.5 Å². The van der Waals surface area contributed by atoms with Crippen molar-refractivity contribution >= 4 is 108 Å². The van der Waals surface area contributed by atoms with Gasteiger partial charge >= 0.3 is 5.97 Å². The van der Waals surface area contributed by atoms with E-state index in [1.165, 1.54) is 6.92 Å². The molecule has 0 aliphatic rings. The van der Waals surface area contributed by atoms with Gasteiger partial charge in [0.05, 0.1) is 14.5 Å². The van der Waals surface area contributed by atoms with Crippen LogP contribution in [0.3, 0.4) is 0 Å². The number of carbonyl (C=O) groups is 2. The zero-order valence-electron chi connectivity index (χ0n) is 15.6. The number of aryl methyl sites for hydroxylation is 1. The Morgan fingerprint density at radius 1 is 1.00 bits per heavy atom. The number of carbonyl (C=O) groups excluding carboxylic acids is 2. The minimum absolute atomic E-state index is 0.0973. The molecule has 0 aliphatic carbocycles. The smallest absolute Gasteiger partial charge is 0.308 e. The van der Waals surface area contributed by atoms with Gasteiger partial charge in [0.2, 0.25) is 0 Å². The van der Waals surface area contributed by atoms with Crippen LogP contribution in [0.5, 0.6) is 5.75 Å². The highest BCUT2D eigenvalue weighted by Crippen LogP contribution is 2.36. The summed E-state index contributed by atoms with van der Waals surface area (Å²) in [6.07, 6.45) is 0.419. The lowest BCUT2D eigenvalue weighted by atomic mass is 9.65. The molecule has 136 valence electrons. The Balaban J connectivity index is 2.26. The van der Waals surface area contributed by atoms with Crippen LogP contribution < -0.4 is 26.6 Å². The Morgan fingerprint density at radius 2 is 1.55 bits per heavy atom. The molecule has 0 aliphatic heterocycles. The Bertz CT molecular complexity index is 1160. The molecule has 10 heteroatoms. The summed E-state index contributed by atoms with van der Waals surface area (Å²) in [6, 6.07) is 3.09. The van der Waals surface area contributed by atoms with Crippen molar-refractivity contribution in [1.29, 1.82) is 0 Å².